The smallest absolute Gasteiger partial charge is 0.326 e. The average molecular weight is 781 g/mol. The topological polar surface area (TPSA) is 278 Å². The first-order valence-corrected chi connectivity index (χ1v) is 19.1. The van der Waals surface area contributed by atoms with E-state index in [0.717, 1.165) is 0 Å². The standard InChI is InChI=1S/C40H60N8O8/c1-24(2)21-30(45-36(51)29(17-11-12-20-41)44-35(50)28(42)18-19-33(43)49)38(53)48-34(25(3)4)39(54)46-31(22-26-13-7-5-8-14-26)37(52)47-32(40(55)56)23-27-15-9-6-10-16-27/h5-10,13-16,24-25,28-32,34H,11-12,17-23,41-42H2,1-4H3,(H2,43,49)(H,44,50)(H,45,51)(H,46,54)(H,47,52)(H,48,53)(H,55,56). The monoisotopic (exact) mass is 780 g/mol. The predicted octanol–water partition coefficient (Wildman–Crippen LogP) is 0.404. The van der Waals surface area contributed by atoms with E-state index in [1.54, 1.807) is 74.5 Å². The number of carboxylic acid groups (broad SMARTS) is 1. The number of nitrogens with two attached hydrogens (primary N) is 3. The van der Waals surface area contributed by atoms with Crippen molar-refractivity contribution >= 4 is 41.4 Å². The summed E-state index contributed by atoms with van der Waals surface area (Å²) < 4.78 is 0. The Morgan fingerprint density at radius 2 is 1.09 bits per heavy atom. The molecule has 6 unspecified atom stereocenters. The number of aliphatic carboxylic acids is 1. The average Bonchev–Trinajstić information content (AvgIpc) is 3.14. The highest BCUT2D eigenvalue weighted by Crippen LogP contribution is 2.12. The van der Waals surface area contributed by atoms with E-state index >= 15 is 0 Å². The molecular formula is C40H60N8O8. The van der Waals surface area contributed by atoms with Gasteiger partial charge in [0.05, 0.1) is 6.04 Å². The van der Waals surface area contributed by atoms with E-state index in [4.69, 9.17) is 17.2 Å². The fraction of sp³-hybridized carbons (Fsp3) is 0.525. The number of carbonyl (C=O) groups excluding carboxylic acids is 6. The summed E-state index contributed by atoms with van der Waals surface area (Å²) in [5.41, 5.74) is 18.2. The third-order valence-electron chi connectivity index (χ3n) is 9.02. The number of hydrogen-bond donors (Lipinski definition) is 9. The number of primary amides is 1. The Kier molecular flexibility index (Phi) is 20.2. The maximum Gasteiger partial charge on any atom is 0.326 e. The fourth-order valence-corrected chi connectivity index (χ4v) is 5.88. The molecule has 0 fully saturated rings. The molecule has 16 heteroatoms. The SMILES string of the molecule is CC(C)CC(NC(=O)C(CCCCN)NC(=O)C(N)CCC(N)=O)C(=O)NC(C(=O)NC(Cc1ccccc1)C(=O)NC(Cc1ccccc1)C(=O)O)C(C)C. The molecule has 56 heavy (non-hydrogen) atoms. The molecule has 2 aromatic carbocycles. The van der Waals surface area contributed by atoms with Crippen molar-refractivity contribution in [2.24, 2.45) is 29.0 Å². The van der Waals surface area contributed by atoms with Crippen LogP contribution in [0.2, 0.25) is 0 Å². The Balaban J connectivity index is 2.29. The van der Waals surface area contributed by atoms with Crippen LogP contribution in [0.25, 0.3) is 0 Å². The second kappa shape index (κ2) is 24.2. The summed E-state index contributed by atoms with van der Waals surface area (Å²) in [4.78, 5) is 91.4. The molecule has 2 aromatic rings. The van der Waals surface area contributed by atoms with E-state index in [9.17, 15) is 38.7 Å². The summed E-state index contributed by atoms with van der Waals surface area (Å²) in [6, 6.07) is 10.8. The van der Waals surface area contributed by atoms with Crippen molar-refractivity contribution in [2.45, 2.75) is 115 Å². The van der Waals surface area contributed by atoms with Crippen LogP contribution in [0.5, 0.6) is 0 Å². The number of unbranched alkanes of at least 4 members (excludes halogenated alkanes) is 1. The zero-order chi connectivity index (χ0) is 41.8. The van der Waals surface area contributed by atoms with Gasteiger partial charge in [-0.25, -0.2) is 4.79 Å². The maximum absolute atomic E-state index is 13.9. The highest BCUT2D eigenvalue weighted by Gasteiger charge is 2.34. The summed E-state index contributed by atoms with van der Waals surface area (Å²) in [7, 11) is 0. The molecule has 308 valence electrons. The molecule has 0 saturated carbocycles. The van der Waals surface area contributed by atoms with Gasteiger partial charge in [0.25, 0.3) is 0 Å². The quantitative estimate of drug-likeness (QED) is 0.0626. The molecule has 0 radical (unpaired) electrons. The van der Waals surface area contributed by atoms with Crippen LogP contribution in [0.1, 0.15) is 77.3 Å². The molecule has 0 aliphatic rings. The van der Waals surface area contributed by atoms with E-state index in [1.165, 1.54) is 0 Å². The van der Waals surface area contributed by atoms with Gasteiger partial charge in [-0.15, -0.1) is 0 Å². The van der Waals surface area contributed by atoms with Crippen molar-refractivity contribution in [1.82, 2.24) is 26.6 Å². The first-order valence-electron chi connectivity index (χ1n) is 19.1. The van der Waals surface area contributed by atoms with Gasteiger partial charge in [-0.2, -0.15) is 0 Å². The molecule has 0 aliphatic heterocycles. The fourth-order valence-electron chi connectivity index (χ4n) is 5.88. The molecule has 12 N–H and O–H groups in total. The maximum atomic E-state index is 13.9. The molecule has 0 saturated heterocycles. The largest absolute Gasteiger partial charge is 0.480 e. The van der Waals surface area contributed by atoms with Gasteiger partial charge >= 0.3 is 5.97 Å². The van der Waals surface area contributed by atoms with E-state index in [0.29, 0.717) is 30.5 Å². The van der Waals surface area contributed by atoms with Crippen molar-refractivity contribution in [3.05, 3.63) is 71.8 Å². The van der Waals surface area contributed by atoms with Gasteiger partial charge in [-0.1, -0.05) is 88.4 Å². The highest BCUT2D eigenvalue weighted by atomic mass is 16.4. The second-order valence-corrected chi connectivity index (χ2v) is 14.7. The number of hydrogen-bond acceptors (Lipinski definition) is 9. The number of nitrogens with one attached hydrogen (secondary N) is 5. The molecule has 6 atom stereocenters. The van der Waals surface area contributed by atoms with Crippen LogP contribution in [0.4, 0.5) is 0 Å². The van der Waals surface area contributed by atoms with E-state index in [2.05, 4.69) is 26.6 Å². The molecule has 0 heterocycles. The van der Waals surface area contributed by atoms with Crippen molar-refractivity contribution in [2.75, 3.05) is 6.54 Å². The van der Waals surface area contributed by atoms with Gasteiger partial charge in [0, 0.05) is 19.3 Å². The van der Waals surface area contributed by atoms with Gasteiger partial charge in [0.15, 0.2) is 0 Å². The third kappa shape index (κ3) is 17.0. The number of rotatable bonds is 25. The van der Waals surface area contributed by atoms with Crippen LogP contribution < -0.4 is 43.8 Å². The summed E-state index contributed by atoms with van der Waals surface area (Å²) in [5, 5.41) is 23.3. The molecule has 0 spiro atoms. The molecule has 0 aromatic heterocycles. The van der Waals surface area contributed by atoms with Crippen LogP contribution in [-0.4, -0.2) is 89.3 Å². The van der Waals surface area contributed by atoms with Crippen LogP contribution in [0.3, 0.4) is 0 Å². The number of amides is 6. The lowest BCUT2D eigenvalue weighted by atomic mass is 9.98. The van der Waals surface area contributed by atoms with Gasteiger partial charge in [-0.05, 0) is 61.6 Å². The van der Waals surface area contributed by atoms with Gasteiger partial charge in [0.2, 0.25) is 35.4 Å². The Morgan fingerprint density at radius 1 is 0.607 bits per heavy atom. The third-order valence-corrected chi connectivity index (χ3v) is 9.02. The molecule has 0 aliphatic carbocycles. The van der Waals surface area contributed by atoms with Crippen molar-refractivity contribution in [1.29, 1.82) is 0 Å². The van der Waals surface area contributed by atoms with Crippen molar-refractivity contribution in [3.8, 4) is 0 Å². The Labute approximate surface area is 328 Å². The molecular weight excluding hydrogens is 720 g/mol. The minimum atomic E-state index is -1.28. The molecule has 16 nitrogen and oxygen atoms in total. The van der Waals surface area contributed by atoms with Gasteiger partial charge in [0.1, 0.15) is 30.2 Å². The number of carboxylic acids is 1. The lowest BCUT2D eigenvalue weighted by Crippen LogP contribution is -2.60. The predicted molar refractivity (Wildman–Crippen MR) is 211 cm³/mol. The Bertz CT molecular complexity index is 1590. The van der Waals surface area contributed by atoms with Crippen LogP contribution in [0.15, 0.2) is 60.7 Å². The Morgan fingerprint density at radius 3 is 1.59 bits per heavy atom. The summed E-state index contributed by atoms with van der Waals surface area (Å²) in [6.07, 6.45) is 1.35. The molecule has 6 amide bonds. The van der Waals surface area contributed by atoms with E-state index in [-0.39, 0.29) is 44.4 Å². The first-order chi connectivity index (χ1) is 26.5. The van der Waals surface area contributed by atoms with Crippen LogP contribution in [0, 0.1) is 11.8 Å². The van der Waals surface area contributed by atoms with Gasteiger partial charge < -0.3 is 48.9 Å². The first kappa shape index (κ1) is 46.8. The zero-order valence-electron chi connectivity index (χ0n) is 32.8. The van der Waals surface area contributed by atoms with Crippen molar-refractivity contribution in [3.63, 3.8) is 0 Å². The minimum Gasteiger partial charge on any atom is -0.480 e. The molecule has 2 rings (SSSR count). The lowest BCUT2D eigenvalue weighted by Gasteiger charge is -2.29. The summed E-state index contributed by atoms with van der Waals surface area (Å²) >= 11 is 0. The molecule has 0 bridgehead atoms. The number of carbonyl (C=O) groups is 7. The van der Waals surface area contributed by atoms with E-state index < -0.39 is 83.6 Å². The summed E-state index contributed by atoms with van der Waals surface area (Å²) in [5.74, 6) is -5.81. The zero-order valence-corrected chi connectivity index (χ0v) is 32.8. The second-order valence-electron chi connectivity index (χ2n) is 14.7. The van der Waals surface area contributed by atoms with Gasteiger partial charge in [-0.3, -0.25) is 28.8 Å². The van der Waals surface area contributed by atoms with E-state index in [1.807, 2.05) is 13.8 Å². The normalized spacial score (nSPS) is 14.4. The van der Waals surface area contributed by atoms with Crippen LogP contribution >= 0.6 is 0 Å². The Hall–Kier alpha value is -5.35. The number of benzene rings is 2. The van der Waals surface area contributed by atoms with Crippen molar-refractivity contribution < 1.29 is 38.7 Å². The van der Waals surface area contributed by atoms with Crippen LogP contribution in [-0.2, 0) is 46.4 Å². The highest BCUT2D eigenvalue weighted by molar-refractivity contribution is 5.96. The summed E-state index contributed by atoms with van der Waals surface area (Å²) in [6.45, 7) is 7.48. The minimum absolute atomic E-state index is 0.0151. The lowest BCUT2D eigenvalue weighted by molar-refractivity contribution is -0.142.